The first kappa shape index (κ1) is 13.3. The number of halogens is 1. The van der Waals surface area contributed by atoms with Crippen molar-refractivity contribution in [1.82, 2.24) is 5.32 Å². The van der Waals surface area contributed by atoms with Crippen molar-refractivity contribution in [2.75, 3.05) is 18.9 Å². The summed E-state index contributed by atoms with van der Waals surface area (Å²) in [6.07, 6.45) is -0.871. The van der Waals surface area contributed by atoms with Crippen LogP contribution in [0.5, 0.6) is 0 Å². The van der Waals surface area contributed by atoms with E-state index in [9.17, 15) is 9.59 Å². The normalized spacial score (nSPS) is 9.71. The summed E-state index contributed by atoms with van der Waals surface area (Å²) in [7, 11) is 0. The number of rotatable bonds is 4. The largest absolute Gasteiger partial charge is 0.448 e. The minimum atomic E-state index is -0.871. The highest BCUT2D eigenvalue weighted by molar-refractivity contribution is 9.10. The lowest BCUT2D eigenvalue weighted by molar-refractivity contribution is 0.0936. The van der Waals surface area contributed by atoms with Crippen molar-refractivity contribution in [2.24, 2.45) is 5.73 Å². The summed E-state index contributed by atoms with van der Waals surface area (Å²) in [4.78, 5) is 22.0. The maximum absolute atomic E-state index is 11.7. The minimum Gasteiger partial charge on any atom is -0.448 e. The van der Waals surface area contributed by atoms with Gasteiger partial charge < -0.3 is 21.5 Å². The number of hydrogen-bond acceptors (Lipinski definition) is 4. The Balaban J connectivity index is 2.53. The van der Waals surface area contributed by atoms with E-state index in [2.05, 4.69) is 26.0 Å². The molecule has 1 aromatic carbocycles. The monoisotopic (exact) mass is 301 g/mol. The molecule has 0 fully saturated rings. The zero-order valence-electron chi connectivity index (χ0n) is 8.90. The van der Waals surface area contributed by atoms with E-state index in [-0.39, 0.29) is 19.1 Å². The van der Waals surface area contributed by atoms with Gasteiger partial charge in [0, 0.05) is 5.69 Å². The highest BCUT2D eigenvalue weighted by Crippen LogP contribution is 2.23. The second kappa shape index (κ2) is 6.09. The van der Waals surface area contributed by atoms with Crippen molar-refractivity contribution in [2.45, 2.75) is 0 Å². The van der Waals surface area contributed by atoms with E-state index >= 15 is 0 Å². The molecule has 0 atom stereocenters. The Morgan fingerprint density at radius 1 is 1.41 bits per heavy atom. The molecule has 0 saturated carbocycles. The van der Waals surface area contributed by atoms with Crippen LogP contribution in [0.3, 0.4) is 0 Å². The van der Waals surface area contributed by atoms with Gasteiger partial charge in [0.1, 0.15) is 6.61 Å². The summed E-state index contributed by atoms with van der Waals surface area (Å²) >= 11 is 3.22. The number of primary amides is 1. The number of nitrogen functional groups attached to an aromatic ring is 1. The molecule has 0 radical (unpaired) electrons. The Hall–Kier alpha value is -1.76. The molecular weight excluding hydrogens is 290 g/mol. The summed E-state index contributed by atoms with van der Waals surface area (Å²) in [6.45, 7) is 0.212. The van der Waals surface area contributed by atoms with Gasteiger partial charge in [-0.1, -0.05) is 6.07 Å². The van der Waals surface area contributed by atoms with E-state index in [1.165, 1.54) is 0 Å². The maximum Gasteiger partial charge on any atom is 0.404 e. The fourth-order valence-electron chi connectivity index (χ4n) is 1.14. The lowest BCUT2D eigenvalue weighted by Gasteiger charge is -2.08. The summed E-state index contributed by atoms with van der Waals surface area (Å²) in [5.74, 6) is -0.308. The molecule has 7 heteroatoms. The molecule has 2 amide bonds. The minimum absolute atomic E-state index is 0.0288. The smallest absolute Gasteiger partial charge is 0.404 e. The number of ether oxygens (including phenoxy) is 1. The van der Waals surface area contributed by atoms with Crippen LogP contribution < -0.4 is 16.8 Å². The third-order valence-corrected chi connectivity index (χ3v) is 2.79. The molecule has 0 aromatic heterocycles. The van der Waals surface area contributed by atoms with Crippen LogP contribution in [0, 0.1) is 0 Å². The number of hydrogen-bond donors (Lipinski definition) is 3. The Morgan fingerprint density at radius 3 is 2.76 bits per heavy atom. The topological polar surface area (TPSA) is 107 Å². The van der Waals surface area contributed by atoms with Gasteiger partial charge in [0.05, 0.1) is 16.6 Å². The van der Waals surface area contributed by atoms with Crippen LogP contribution in [0.15, 0.2) is 22.7 Å². The number of amides is 2. The predicted octanol–water partition coefficient (Wildman–Crippen LogP) is 0.856. The van der Waals surface area contributed by atoms with E-state index < -0.39 is 6.09 Å². The summed E-state index contributed by atoms with van der Waals surface area (Å²) < 4.78 is 5.01. The van der Waals surface area contributed by atoms with Gasteiger partial charge in [0.15, 0.2) is 0 Å². The fourth-order valence-corrected chi connectivity index (χ4v) is 1.58. The van der Waals surface area contributed by atoms with Gasteiger partial charge in [-0.15, -0.1) is 0 Å². The Bertz CT molecular complexity index is 437. The third kappa shape index (κ3) is 3.95. The maximum atomic E-state index is 11.7. The number of nitrogens with one attached hydrogen (secondary N) is 1. The molecule has 17 heavy (non-hydrogen) atoms. The van der Waals surface area contributed by atoms with E-state index in [0.717, 1.165) is 0 Å². The van der Waals surface area contributed by atoms with Gasteiger partial charge in [0.2, 0.25) is 0 Å². The number of carbonyl (C=O) groups is 2. The number of benzene rings is 1. The van der Waals surface area contributed by atoms with Crippen molar-refractivity contribution in [1.29, 1.82) is 0 Å². The summed E-state index contributed by atoms with van der Waals surface area (Å²) in [5.41, 5.74) is 11.3. The average Bonchev–Trinajstić information content (AvgIpc) is 2.27. The quantitative estimate of drug-likeness (QED) is 0.566. The van der Waals surface area contributed by atoms with Crippen molar-refractivity contribution < 1.29 is 14.3 Å². The van der Waals surface area contributed by atoms with Crippen molar-refractivity contribution in [3.05, 3.63) is 28.2 Å². The van der Waals surface area contributed by atoms with Gasteiger partial charge in [-0.25, -0.2) is 4.79 Å². The second-order valence-electron chi connectivity index (χ2n) is 3.13. The first-order valence-corrected chi connectivity index (χ1v) is 5.56. The Kier molecular flexibility index (Phi) is 4.77. The molecule has 0 aliphatic rings. The molecule has 0 aliphatic carbocycles. The number of nitrogens with two attached hydrogens (primary N) is 2. The van der Waals surface area contributed by atoms with E-state index in [1.807, 2.05) is 0 Å². The summed E-state index contributed by atoms with van der Waals surface area (Å²) in [5, 5.41) is 2.57. The van der Waals surface area contributed by atoms with Crippen LogP contribution in [0.2, 0.25) is 0 Å². The van der Waals surface area contributed by atoms with Crippen LogP contribution in [0.25, 0.3) is 0 Å². The third-order valence-electron chi connectivity index (χ3n) is 1.91. The van der Waals surface area contributed by atoms with Crippen LogP contribution in [-0.2, 0) is 4.74 Å². The van der Waals surface area contributed by atoms with E-state index in [4.69, 9.17) is 11.5 Å². The molecule has 5 N–H and O–H groups in total. The molecule has 92 valence electrons. The van der Waals surface area contributed by atoms with Crippen molar-refractivity contribution >= 4 is 33.6 Å². The van der Waals surface area contributed by atoms with Gasteiger partial charge in [0.25, 0.3) is 5.91 Å². The zero-order valence-corrected chi connectivity index (χ0v) is 10.5. The molecule has 1 rings (SSSR count). The fraction of sp³-hybridized carbons (Fsp3) is 0.200. The standard InChI is InChI=1S/C10H12BrN3O3/c11-8-6(2-1-3-7(8)12)9(15)14-4-5-17-10(13)16/h1-3H,4-5,12H2,(H2,13,16)(H,14,15). The molecule has 0 aliphatic heterocycles. The van der Waals surface area contributed by atoms with Crippen LogP contribution in [0.4, 0.5) is 10.5 Å². The zero-order chi connectivity index (χ0) is 12.8. The first-order chi connectivity index (χ1) is 8.02. The molecule has 6 nitrogen and oxygen atoms in total. The Labute approximate surface area is 106 Å². The lowest BCUT2D eigenvalue weighted by atomic mass is 10.2. The average molecular weight is 302 g/mol. The van der Waals surface area contributed by atoms with Gasteiger partial charge >= 0.3 is 6.09 Å². The van der Waals surface area contributed by atoms with E-state index in [1.54, 1.807) is 18.2 Å². The Morgan fingerprint density at radius 2 is 2.12 bits per heavy atom. The number of anilines is 1. The van der Waals surface area contributed by atoms with Gasteiger partial charge in [-0.05, 0) is 28.1 Å². The van der Waals surface area contributed by atoms with Crippen LogP contribution in [0.1, 0.15) is 10.4 Å². The predicted molar refractivity (Wildman–Crippen MR) is 66.4 cm³/mol. The molecular formula is C10H12BrN3O3. The lowest BCUT2D eigenvalue weighted by Crippen LogP contribution is -2.29. The van der Waals surface area contributed by atoms with Crippen LogP contribution in [-0.4, -0.2) is 25.2 Å². The van der Waals surface area contributed by atoms with Crippen molar-refractivity contribution in [3.63, 3.8) is 0 Å². The molecule has 1 aromatic rings. The summed E-state index contributed by atoms with van der Waals surface area (Å²) in [6, 6.07) is 4.98. The molecule has 0 bridgehead atoms. The molecule has 0 heterocycles. The van der Waals surface area contributed by atoms with E-state index in [0.29, 0.717) is 15.7 Å². The van der Waals surface area contributed by atoms with Crippen molar-refractivity contribution in [3.8, 4) is 0 Å². The van der Waals surface area contributed by atoms with Gasteiger partial charge in [-0.2, -0.15) is 0 Å². The number of carbonyl (C=O) groups excluding carboxylic acids is 2. The van der Waals surface area contributed by atoms with Gasteiger partial charge in [-0.3, -0.25) is 4.79 Å². The highest BCUT2D eigenvalue weighted by Gasteiger charge is 2.10. The highest BCUT2D eigenvalue weighted by atomic mass is 79.9. The molecule has 0 unspecified atom stereocenters. The van der Waals surface area contributed by atoms with Crippen LogP contribution >= 0.6 is 15.9 Å². The first-order valence-electron chi connectivity index (χ1n) is 4.76. The molecule has 0 spiro atoms. The molecule has 0 saturated heterocycles. The SMILES string of the molecule is NC(=O)OCCNC(=O)c1cccc(N)c1Br. The second-order valence-corrected chi connectivity index (χ2v) is 3.93.